The van der Waals surface area contributed by atoms with Crippen LogP contribution >= 0.6 is 0 Å². The molecule has 0 aliphatic heterocycles. The third kappa shape index (κ3) is 5.43. The molecular formula is C22H20N4O3. The maximum Gasteiger partial charge on any atom is 0.257 e. The van der Waals surface area contributed by atoms with Crippen molar-refractivity contribution in [3.05, 3.63) is 90.0 Å². The van der Waals surface area contributed by atoms with Crippen LogP contribution in [0.15, 0.2) is 78.9 Å². The molecule has 3 rings (SSSR count). The Kier molecular flexibility index (Phi) is 6.22. The largest absolute Gasteiger partial charge is 0.376 e. The monoisotopic (exact) mass is 388 g/mol. The van der Waals surface area contributed by atoms with E-state index in [4.69, 9.17) is 5.73 Å². The summed E-state index contributed by atoms with van der Waals surface area (Å²) in [5.74, 6) is -1.15. The Morgan fingerprint density at radius 3 is 2.07 bits per heavy atom. The fourth-order valence-corrected chi connectivity index (χ4v) is 2.64. The molecule has 3 aromatic carbocycles. The molecule has 0 spiro atoms. The first-order chi connectivity index (χ1) is 14.0. The highest BCUT2D eigenvalue weighted by Crippen LogP contribution is 2.17. The number of para-hydroxylation sites is 2. The molecule has 3 amide bonds. The molecule has 0 bridgehead atoms. The van der Waals surface area contributed by atoms with Gasteiger partial charge in [-0.2, -0.15) is 0 Å². The Bertz CT molecular complexity index is 1020. The zero-order valence-corrected chi connectivity index (χ0v) is 15.5. The number of benzene rings is 3. The van der Waals surface area contributed by atoms with Crippen LogP contribution < -0.4 is 21.7 Å². The van der Waals surface area contributed by atoms with Crippen LogP contribution in [-0.2, 0) is 4.79 Å². The highest BCUT2D eigenvalue weighted by Gasteiger charge is 2.13. The fourth-order valence-electron chi connectivity index (χ4n) is 2.64. The summed E-state index contributed by atoms with van der Waals surface area (Å²) in [6, 6.07) is 22.3. The second kappa shape index (κ2) is 9.18. The van der Waals surface area contributed by atoms with Crippen LogP contribution in [0, 0.1) is 0 Å². The number of amides is 3. The zero-order chi connectivity index (χ0) is 20.6. The van der Waals surface area contributed by atoms with Crippen molar-refractivity contribution < 1.29 is 14.4 Å². The first-order valence-electron chi connectivity index (χ1n) is 8.92. The van der Waals surface area contributed by atoms with Gasteiger partial charge < -0.3 is 21.7 Å². The van der Waals surface area contributed by atoms with Crippen molar-refractivity contribution in [3.8, 4) is 0 Å². The normalized spacial score (nSPS) is 10.1. The van der Waals surface area contributed by atoms with E-state index in [-0.39, 0.29) is 18.4 Å². The molecule has 0 heterocycles. The number of anilines is 3. The maximum absolute atomic E-state index is 12.6. The van der Waals surface area contributed by atoms with Crippen molar-refractivity contribution in [2.45, 2.75) is 0 Å². The second-order valence-corrected chi connectivity index (χ2v) is 6.21. The molecule has 0 saturated heterocycles. The number of carbonyl (C=O) groups excluding carboxylic acids is 3. The average Bonchev–Trinajstić information content (AvgIpc) is 2.73. The Morgan fingerprint density at radius 2 is 1.38 bits per heavy atom. The van der Waals surface area contributed by atoms with Gasteiger partial charge >= 0.3 is 0 Å². The third-order valence-corrected chi connectivity index (χ3v) is 4.10. The summed E-state index contributed by atoms with van der Waals surface area (Å²) in [6.07, 6.45) is 0. The number of nitrogens with one attached hydrogen (secondary N) is 3. The summed E-state index contributed by atoms with van der Waals surface area (Å²) in [4.78, 5) is 36.0. The minimum Gasteiger partial charge on any atom is -0.376 e. The standard InChI is InChI=1S/C22H20N4O3/c23-21(28)15-10-12-16(13-11-15)24-14-20(27)26-19-9-5-4-8-18(19)22(29)25-17-6-2-1-3-7-17/h1-13,24H,14H2,(H2,23,28)(H,25,29)(H,26,27). The fraction of sp³-hybridized carbons (Fsp3) is 0.0455. The van der Waals surface area contributed by atoms with Gasteiger partial charge in [0.05, 0.1) is 17.8 Å². The van der Waals surface area contributed by atoms with Gasteiger partial charge in [-0.25, -0.2) is 0 Å². The van der Waals surface area contributed by atoms with Crippen LogP contribution in [0.2, 0.25) is 0 Å². The lowest BCUT2D eigenvalue weighted by Gasteiger charge is -2.12. The van der Waals surface area contributed by atoms with Crippen LogP contribution in [0.5, 0.6) is 0 Å². The molecule has 0 aliphatic carbocycles. The van der Waals surface area contributed by atoms with Gasteiger partial charge in [0.15, 0.2) is 0 Å². The van der Waals surface area contributed by atoms with Crippen molar-refractivity contribution in [1.29, 1.82) is 0 Å². The molecule has 0 radical (unpaired) electrons. The Hall–Kier alpha value is -4.13. The van der Waals surface area contributed by atoms with Gasteiger partial charge in [-0.15, -0.1) is 0 Å². The van der Waals surface area contributed by atoms with Gasteiger partial charge in [0.25, 0.3) is 5.91 Å². The molecule has 0 aliphatic rings. The van der Waals surface area contributed by atoms with Gasteiger partial charge in [-0.05, 0) is 48.5 Å². The number of hydrogen-bond acceptors (Lipinski definition) is 4. The minimum absolute atomic E-state index is 0.00937. The van der Waals surface area contributed by atoms with E-state index in [1.54, 1.807) is 60.7 Å². The number of rotatable bonds is 7. The van der Waals surface area contributed by atoms with Crippen molar-refractivity contribution >= 4 is 34.8 Å². The number of nitrogens with two attached hydrogens (primary N) is 1. The van der Waals surface area contributed by atoms with E-state index < -0.39 is 5.91 Å². The van der Waals surface area contributed by atoms with Crippen LogP contribution in [0.3, 0.4) is 0 Å². The molecule has 29 heavy (non-hydrogen) atoms. The predicted octanol–water partition coefficient (Wildman–Crippen LogP) is 3.09. The Balaban J connectivity index is 1.61. The van der Waals surface area contributed by atoms with Crippen molar-refractivity contribution in [2.24, 2.45) is 5.73 Å². The maximum atomic E-state index is 12.6. The molecule has 0 aromatic heterocycles. The van der Waals surface area contributed by atoms with Gasteiger partial charge in [0.2, 0.25) is 11.8 Å². The van der Waals surface area contributed by atoms with E-state index in [1.807, 2.05) is 18.2 Å². The van der Waals surface area contributed by atoms with Crippen LogP contribution in [0.1, 0.15) is 20.7 Å². The Morgan fingerprint density at radius 1 is 0.724 bits per heavy atom. The smallest absolute Gasteiger partial charge is 0.257 e. The summed E-state index contributed by atoms with van der Waals surface area (Å²) in [5, 5.41) is 8.50. The summed E-state index contributed by atoms with van der Waals surface area (Å²) < 4.78 is 0. The van der Waals surface area contributed by atoms with Crippen LogP contribution in [0.25, 0.3) is 0 Å². The predicted molar refractivity (Wildman–Crippen MR) is 113 cm³/mol. The molecule has 146 valence electrons. The molecule has 0 atom stereocenters. The van der Waals surface area contributed by atoms with E-state index in [2.05, 4.69) is 16.0 Å². The van der Waals surface area contributed by atoms with E-state index in [1.165, 1.54) is 0 Å². The number of primary amides is 1. The molecule has 7 nitrogen and oxygen atoms in total. The summed E-state index contributed by atoms with van der Waals surface area (Å²) in [7, 11) is 0. The van der Waals surface area contributed by atoms with Crippen LogP contribution in [0.4, 0.5) is 17.1 Å². The van der Waals surface area contributed by atoms with E-state index >= 15 is 0 Å². The Labute approximate surface area is 167 Å². The summed E-state index contributed by atoms with van der Waals surface area (Å²) in [5.41, 5.74) is 7.69. The molecule has 0 unspecified atom stereocenters. The highest BCUT2D eigenvalue weighted by molar-refractivity contribution is 6.10. The molecule has 7 heteroatoms. The lowest BCUT2D eigenvalue weighted by molar-refractivity contribution is -0.114. The highest BCUT2D eigenvalue weighted by atomic mass is 16.2. The summed E-state index contributed by atoms with van der Waals surface area (Å²) in [6.45, 7) is -0.00937. The molecule has 0 fully saturated rings. The molecule has 3 aromatic rings. The second-order valence-electron chi connectivity index (χ2n) is 6.21. The third-order valence-electron chi connectivity index (χ3n) is 4.10. The van der Waals surface area contributed by atoms with Crippen LogP contribution in [-0.4, -0.2) is 24.3 Å². The lowest BCUT2D eigenvalue weighted by atomic mass is 10.1. The van der Waals surface area contributed by atoms with E-state index in [0.717, 1.165) is 0 Å². The molecule has 0 saturated carbocycles. The average molecular weight is 388 g/mol. The van der Waals surface area contributed by atoms with Gasteiger partial charge in [-0.1, -0.05) is 30.3 Å². The van der Waals surface area contributed by atoms with E-state index in [9.17, 15) is 14.4 Å². The van der Waals surface area contributed by atoms with Crippen molar-refractivity contribution in [1.82, 2.24) is 0 Å². The quantitative estimate of drug-likeness (QED) is 0.498. The molecule has 5 N–H and O–H groups in total. The first-order valence-corrected chi connectivity index (χ1v) is 8.92. The lowest BCUT2D eigenvalue weighted by Crippen LogP contribution is -2.24. The topological polar surface area (TPSA) is 113 Å². The SMILES string of the molecule is NC(=O)c1ccc(NCC(=O)Nc2ccccc2C(=O)Nc2ccccc2)cc1. The number of hydrogen-bond donors (Lipinski definition) is 4. The van der Waals surface area contributed by atoms with E-state index in [0.29, 0.717) is 28.2 Å². The van der Waals surface area contributed by atoms with Crippen molar-refractivity contribution in [3.63, 3.8) is 0 Å². The first kappa shape index (κ1) is 19.6. The van der Waals surface area contributed by atoms with Gasteiger partial charge in [0, 0.05) is 16.9 Å². The summed E-state index contributed by atoms with van der Waals surface area (Å²) >= 11 is 0. The van der Waals surface area contributed by atoms with Gasteiger partial charge in [-0.3, -0.25) is 14.4 Å². The minimum atomic E-state index is -0.514. The zero-order valence-electron chi connectivity index (χ0n) is 15.5. The van der Waals surface area contributed by atoms with Crippen molar-refractivity contribution in [2.75, 3.05) is 22.5 Å². The van der Waals surface area contributed by atoms with Gasteiger partial charge in [0.1, 0.15) is 0 Å². The molecular weight excluding hydrogens is 368 g/mol. The number of carbonyl (C=O) groups is 3.